The van der Waals surface area contributed by atoms with Gasteiger partial charge in [-0.3, -0.25) is 24.6 Å². The molecule has 4 aliphatic rings. The van der Waals surface area contributed by atoms with Crippen molar-refractivity contribution in [3.63, 3.8) is 0 Å². The molecule has 1 unspecified atom stereocenters. The predicted molar refractivity (Wildman–Crippen MR) is 159 cm³/mol. The lowest BCUT2D eigenvalue weighted by Crippen LogP contribution is -2.53. The van der Waals surface area contributed by atoms with Gasteiger partial charge in [-0.2, -0.15) is 0 Å². The molecular formula is C32H36N6O5. The van der Waals surface area contributed by atoms with Crippen LogP contribution >= 0.6 is 0 Å². The van der Waals surface area contributed by atoms with Crippen LogP contribution in [0.5, 0.6) is 5.75 Å². The summed E-state index contributed by atoms with van der Waals surface area (Å²) in [5.41, 5.74) is 3.44. The number of imide groups is 1. The van der Waals surface area contributed by atoms with E-state index in [1.54, 1.807) is 11.0 Å². The lowest BCUT2D eigenvalue weighted by atomic mass is 10.0. The van der Waals surface area contributed by atoms with Crippen molar-refractivity contribution in [2.45, 2.75) is 63.9 Å². The number of morpholine rings is 1. The number of rotatable bonds is 6. The Bertz CT molecular complexity index is 1610. The maximum Gasteiger partial charge on any atom is 0.255 e. The first-order chi connectivity index (χ1) is 20.7. The van der Waals surface area contributed by atoms with Crippen LogP contribution < -0.4 is 15.0 Å². The van der Waals surface area contributed by atoms with Crippen molar-refractivity contribution in [2.24, 2.45) is 0 Å². The Labute approximate surface area is 250 Å². The Kier molecular flexibility index (Phi) is 7.01. The van der Waals surface area contributed by atoms with Crippen molar-refractivity contribution in [1.82, 2.24) is 25.1 Å². The van der Waals surface area contributed by atoms with Gasteiger partial charge in [0, 0.05) is 56.3 Å². The number of piperidine rings is 1. The summed E-state index contributed by atoms with van der Waals surface area (Å²) in [6.45, 7) is 9.30. The van der Waals surface area contributed by atoms with Crippen molar-refractivity contribution in [1.29, 1.82) is 0 Å². The van der Waals surface area contributed by atoms with Gasteiger partial charge in [-0.25, -0.2) is 9.97 Å². The number of nitrogens with zero attached hydrogens (tertiary/aromatic N) is 5. The number of likely N-dealkylation sites (tertiary alicyclic amines) is 1. The standard InChI is InChI=1S/C32H36N6O5/c1-32(2)19-42-12-11-38(32)31-33-15-21-13-20(3-6-26(21)34-31)16-36-10-9-24(18-36)43-23-4-5-25-22(14-23)17-37(30(25)41)27-7-8-28(39)35-29(27)40/h3-6,13-15,24,27H,7-12,16-19H2,1-2H3,(H,35,39,40)/t24-,27?/m0/s1. The van der Waals surface area contributed by atoms with E-state index in [4.69, 9.17) is 19.4 Å². The monoisotopic (exact) mass is 584 g/mol. The molecule has 3 fully saturated rings. The van der Waals surface area contributed by atoms with Crippen LogP contribution in [0, 0.1) is 0 Å². The topological polar surface area (TPSA) is 117 Å². The minimum absolute atomic E-state index is 0.0459. The van der Waals surface area contributed by atoms with Crippen LogP contribution in [0.2, 0.25) is 0 Å². The number of fused-ring (bicyclic) bond motifs is 2. The highest BCUT2D eigenvalue weighted by Gasteiger charge is 2.39. The summed E-state index contributed by atoms with van der Waals surface area (Å²) in [5, 5.41) is 3.37. The second-order valence-corrected chi connectivity index (χ2v) is 12.6. The molecule has 7 rings (SSSR count). The van der Waals surface area contributed by atoms with E-state index in [0.717, 1.165) is 60.8 Å². The molecule has 1 aromatic heterocycles. The lowest BCUT2D eigenvalue weighted by molar-refractivity contribution is -0.136. The Morgan fingerprint density at radius 2 is 1.98 bits per heavy atom. The molecule has 43 heavy (non-hydrogen) atoms. The van der Waals surface area contributed by atoms with Gasteiger partial charge in [0.1, 0.15) is 17.9 Å². The number of anilines is 1. The highest BCUT2D eigenvalue weighted by molar-refractivity contribution is 6.05. The Hall–Kier alpha value is -4.09. The molecule has 224 valence electrons. The van der Waals surface area contributed by atoms with Gasteiger partial charge in [0.05, 0.1) is 24.3 Å². The van der Waals surface area contributed by atoms with Gasteiger partial charge in [-0.05, 0) is 68.1 Å². The average molecular weight is 585 g/mol. The molecule has 0 saturated carbocycles. The van der Waals surface area contributed by atoms with Crippen LogP contribution in [0.1, 0.15) is 54.6 Å². The van der Waals surface area contributed by atoms with Crippen molar-refractivity contribution >= 4 is 34.6 Å². The van der Waals surface area contributed by atoms with Crippen LogP contribution in [0.25, 0.3) is 10.9 Å². The van der Waals surface area contributed by atoms with Gasteiger partial charge in [-0.15, -0.1) is 0 Å². The first-order valence-electron chi connectivity index (χ1n) is 15.0. The number of carbonyl (C=O) groups excluding carboxylic acids is 3. The summed E-state index contributed by atoms with van der Waals surface area (Å²) >= 11 is 0. The fraction of sp³-hybridized carbons (Fsp3) is 0.469. The second-order valence-electron chi connectivity index (χ2n) is 12.6. The summed E-state index contributed by atoms with van der Waals surface area (Å²) in [5.74, 6) is 0.604. The third kappa shape index (κ3) is 5.43. The van der Waals surface area contributed by atoms with E-state index in [0.29, 0.717) is 31.7 Å². The van der Waals surface area contributed by atoms with E-state index in [1.165, 1.54) is 5.56 Å². The van der Waals surface area contributed by atoms with Crippen molar-refractivity contribution in [2.75, 3.05) is 37.7 Å². The maximum atomic E-state index is 13.0. The largest absolute Gasteiger partial charge is 0.489 e. The third-order valence-corrected chi connectivity index (χ3v) is 8.95. The van der Waals surface area contributed by atoms with Gasteiger partial charge in [0.15, 0.2) is 0 Å². The fourth-order valence-electron chi connectivity index (χ4n) is 6.64. The molecule has 0 bridgehead atoms. The molecule has 11 nitrogen and oxygen atoms in total. The number of carbonyl (C=O) groups is 3. The zero-order valence-electron chi connectivity index (χ0n) is 24.5. The molecule has 5 heterocycles. The molecule has 3 saturated heterocycles. The van der Waals surface area contributed by atoms with Crippen LogP contribution in [0.4, 0.5) is 5.95 Å². The summed E-state index contributed by atoms with van der Waals surface area (Å²) in [7, 11) is 0. The summed E-state index contributed by atoms with van der Waals surface area (Å²) in [6.07, 6.45) is 3.47. The molecule has 2 atom stereocenters. The first kappa shape index (κ1) is 27.7. The Balaban J connectivity index is 0.965. The highest BCUT2D eigenvalue weighted by atomic mass is 16.5. The lowest BCUT2D eigenvalue weighted by Gasteiger charge is -2.42. The molecule has 4 aliphatic heterocycles. The molecule has 2 aromatic carbocycles. The predicted octanol–water partition coefficient (Wildman–Crippen LogP) is 2.66. The van der Waals surface area contributed by atoms with Crippen molar-refractivity contribution in [3.8, 4) is 5.75 Å². The number of amides is 3. The van der Waals surface area contributed by atoms with Crippen LogP contribution in [-0.2, 0) is 27.4 Å². The van der Waals surface area contributed by atoms with E-state index in [2.05, 4.69) is 47.2 Å². The molecule has 11 heteroatoms. The maximum absolute atomic E-state index is 13.0. The SMILES string of the molecule is CC1(C)COCCN1c1ncc2cc(CN3CC[C@H](Oc4ccc5c(c4)CN(C4CCC(=O)NC4=O)C5=O)C3)ccc2n1. The minimum Gasteiger partial charge on any atom is -0.489 e. The quantitative estimate of drug-likeness (QED) is 0.437. The van der Waals surface area contributed by atoms with E-state index in [-0.39, 0.29) is 29.9 Å². The highest BCUT2D eigenvalue weighted by Crippen LogP contribution is 2.31. The van der Waals surface area contributed by atoms with Crippen molar-refractivity contribution in [3.05, 3.63) is 59.3 Å². The zero-order chi connectivity index (χ0) is 29.7. The normalized spacial score (nSPS) is 24.0. The number of benzene rings is 2. The third-order valence-electron chi connectivity index (χ3n) is 8.95. The van der Waals surface area contributed by atoms with Gasteiger partial charge >= 0.3 is 0 Å². The second kappa shape index (κ2) is 10.9. The number of hydrogen-bond donors (Lipinski definition) is 1. The smallest absolute Gasteiger partial charge is 0.255 e. The van der Waals surface area contributed by atoms with Crippen molar-refractivity contribution < 1.29 is 23.9 Å². The molecular weight excluding hydrogens is 548 g/mol. The van der Waals surface area contributed by atoms with E-state index < -0.39 is 11.9 Å². The van der Waals surface area contributed by atoms with E-state index >= 15 is 0 Å². The van der Waals surface area contributed by atoms with Gasteiger partial charge in [0.25, 0.3) is 5.91 Å². The zero-order valence-corrected chi connectivity index (χ0v) is 24.5. The molecule has 1 N–H and O–H groups in total. The number of nitrogens with one attached hydrogen (secondary N) is 1. The van der Waals surface area contributed by atoms with Gasteiger partial charge in [0.2, 0.25) is 17.8 Å². The molecule has 0 radical (unpaired) electrons. The summed E-state index contributed by atoms with van der Waals surface area (Å²) in [6, 6.07) is 11.3. The summed E-state index contributed by atoms with van der Waals surface area (Å²) in [4.78, 5) is 52.6. The fourth-order valence-corrected chi connectivity index (χ4v) is 6.64. The minimum atomic E-state index is -0.619. The van der Waals surface area contributed by atoms with Crippen LogP contribution in [0.3, 0.4) is 0 Å². The van der Waals surface area contributed by atoms with E-state index in [1.807, 2.05) is 18.3 Å². The summed E-state index contributed by atoms with van der Waals surface area (Å²) < 4.78 is 12.0. The molecule has 3 amide bonds. The number of aromatic nitrogens is 2. The molecule has 0 spiro atoms. The van der Waals surface area contributed by atoms with Gasteiger partial charge < -0.3 is 19.3 Å². The Morgan fingerprint density at radius 1 is 1.09 bits per heavy atom. The number of hydrogen-bond acceptors (Lipinski definition) is 9. The number of ether oxygens (including phenoxy) is 2. The molecule has 0 aliphatic carbocycles. The Morgan fingerprint density at radius 3 is 2.81 bits per heavy atom. The van der Waals surface area contributed by atoms with E-state index in [9.17, 15) is 14.4 Å². The van der Waals surface area contributed by atoms with Gasteiger partial charge in [-0.1, -0.05) is 6.07 Å². The molecule has 3 aromatic rings. The average Bonchev–Trinajstić information content (AvgIpc) is 3.55. The van der Waals surface area contributed by atoms with Crippen LogP contribution in [-0.4, -0.2) is 88.0 Å². The van der Waals surface area contributed by atoms with Crippen LogP contribution in [0.15, 0.2) is 42.6 Å². The first-order valence-corrected chi connectivity index (χ1v) is 15.0.